The lowest BCUT2D eigenvalue weighted by Crippen LogP contribution is -2.26. The number of halogens is 1. The summed E-state index contributed by atoms with van der Waals surface area (Å²) in [5.74, 6) is 0.928. The number of hydrogen-bond donors (Lipinski definition) is 1. The maximum Gasteiger partial charge on any atom is 0.133 e. The summed E-state index contributed by atoms with van der Waals surface area (Å²) in [6.45, 7) is 2.48. The monoisotopic (exact) mass is 299 g/mol. The first-order valence-corrected chi connectivity index (χ1v) is 6.76. The Morgan fingerprint density at radius 2 is 2.18 bits per heavy atom. The molecule has 0 unspecified atom stereocenters. The summed E-state index contributed by atoms with van der Waals surface area (Å²) in [5.41, 5.74) is 1.25. The smallest absolute Gasteiger partial charge is 0.133 e. The predicted octanol–water partition coefficient (Wildman–Crippen LogP) is 2.73. The molecule has 94 valence electrons. The van der Waals surface area contributed by atoms with Crippen LogP contribution in [-0.4, -0.2) is 26.4 Å². The van der Waals surface area contributed by atoms with Gasteiger partial charge in [0.25, 0.3) is 0 Å². The van der Waals surface area contributed by atoms with E-state index in [-0.39, 0.29) is 6.10 Å². The number of nitrogens with one attached hydrogen (secondary N) is 1. The Labute approximate surface area is 111 Å². The van der Waals surface area contributed by atoms with Gasteiger partial charge in [0.2, 0.25) is 0 Å². The van der Waals surface area contributed by atoms with Crippen molar-refractivity contribution in [1.82, 2.24) is 5.32 Å². The van der Waals surface area contributed by atoms with Crippen LogP contribution in [0.25, 0.3) is 0 Å². The third-order valence-electron chi connectivity index (χ3n) is 2.84. The molecule has 2 rings (SSSR count). The molecule has 0 aromatic heterocycles. The van der Waals surface area contributed by atoms with Crippen molar-refractivity contribution in [3.63, 3.8) is 0 Å². The minimum absolute atomic E-state index is 0.287. The van der Waals surface area contributed by atoms with E-state index in [1.165, 1.54) is 5.56 Å². The summed E-state index contributed by atoms with van der Waals surface area (Å²) in [5, 5.41) is 3.13. The van der Waals surface area contributed by atoms with Gasteiger partial charge in [0.1, 0.15) is 11.9 Å². The highest BCUT2D eigenvalue weighted by molar-refractivity contribution is 9.10. The maximum absolute atomic E-state index is 5.97. The van der Waals surface area contributed by atoms with E-state index in [0.717, 1.165) is 42.8 Å². The topological polar surface area (TPSA) is 30.5 Å². The van der Waals surface area contributed by atoms with Gasteiger partial charge in [-0.05, 0) is 40.7 Å². The molecule has 3 nitrogen and oxygen atoms in total. The molecule has 1 aliphatic rings. The lowest BCUT2D eigenvalue weighted by molar-refractivity contribution is 0.0252. The zero-order valence-corrected chi connectivity index (χ0v) is 11.6. The van der Waals surface area contributed by atoms with Gasteiger partial charge in [-0.25, -0.2) is 0 Å². The average Bonchev–Trinajstić information content (AvgIpc) is 2.34. The molecule has 1 saturated heterocycles. The molecule has 0 aliphatic carbocycles. The lowest BCUT2D eigenvalue weighted by atomic mass is 10.1. The fourth-order valence-electron chi connectivity index (χ4n) is 1.93. The molecule has 1 aromatic rings. The lowest BCUT2D eigenvalue weighted by Gasteiger charge is -2.24. The Morgan fingerprint density at radius 1 is 1.41 bits per heavy atom. The van der Waals surface area contributed by atoms with Crippen LogP contribution in [0.1, 0.15) is 18.4 Å². The van der Waals surface area contributed by atoms with Crippen molar-refractivity contribution < 1.29 is 9.47 Å². The summed E-state index contributed by atoms with van der Waals surface area (Å²) >= 11 is 3.56. The second-order valence-corrected chi connectivity index (χ2v) is 5.08. The minimum atomic E-state index is 0.287. The van der Waals surface area contributed by atoms with Gasteiger partial charge in [-0.3, -0.25) is 0 Å². The zero-order chi connectivity index (χ0) is 12.1. The number of ether oxygens (including phenoxy) is 2. The maximum atomic E-state index is 5.97. The number of benzene rings is 1. The normalized spacial score (nSPS) is 17.1. The summed E-state index contributed by atoms with van der Waals surface area (Å²) in [7, 11) is 1.94. The van der Waals surface area contributed by atoms with Crippen LogP contribution >= 0.6 is 15.9 Å². The van der Waals surface area contributed by atoms with Gasteiger partial charge in [-0.1, -0.05) is 6.07 Å². The van der Waals surface area contributed by atoms with E-state index >= 15 is 0 Å². The van der Waals surface area contributed by atoms with Gasteiger partial charge in [0, 0.05) is 19.4 Å². The second-order valence-electron chi connectivity index (χ2n) is 4.22. The molecule has 1 heterocycles. The van der Waals surface area contributed by atoms with Crippen LogP contribution in [0.2, 0.25) is 0 Å². The molecule has 0 atom stereocenters. The molecule has 0 saturated carbocycles. The first-order valence-electron chi connectivity index (χ1n) is 5.97. The van der Waals surface area contributed by atoms with E-state index in [1.54, 1.807) is 0 Å². The van der Waals surface area contributed by atoms with Crippen molar-refractivity contribution in [3.8, 4) is 5.75 Å². The van der Waals surface area contributed by atoms with Crippen LogP contribution in [0, 0.1) is 0 Å². The molecule has 17 heavy (non-hydrogen) atoms. The molecule has 1 aliphatic heterocycles. The molecule has 1 fully saturated rings. The largest absolute Gasteiger partial charge is 0.489 e. The van der Waals surface area contributed by atoms with Crippen LogP contribution in [0.3, 0.4) is 0 Å². The highest BCUT2D eigenvalue weighted by atomic mass is 79.9. The molecule has 0 spiro atoms. The van der Waals surface area contributed by atoms with E-state index in [4.69, 9.17) is 9.47 Å². The van der Waals surface area contributed by atoms with Crippen molar-refractivity contribution in [3.05, 3.63) is 28.2 Å². The van der Waals surface area contributed by atoms with Crippen LogP contribution in [0.5, 0.6) is 5.75 Å². The van der Waals surface area contributed by atoms with Gasteiger partial charge in [0.15, 0.2) is 0 Å². The van der Waals surface area contributed by atoms with Crippen LogP contribution < -0.4 is 10.1 Å². The third kappa shape index (κ3) is 3.69. The summed E-state index contributed by atoms with van der Waals surface area (Å²) < 4.78 is 12.3. The van der Waals surface area contributed by atoms with Crippen molar-refractivity contribution in [2.75, 3.05) is 20.3 Å². The Balaban J connectivity index is 2.00. The number of rotatable bonds is 4. The van der Waals surface area contributed by atoms with Crippen molar-refractivity contribution >= 4 is 15.9 Å². The Hall–Kier alpha value is -0.580. The minimum Gasteiger partial charge on any atom is -0.489 e. The number of hydrogen-bond acceptors (Lipinski definition) is 3. The second kappa shape index (κ2) is 6.38. The molecule has 0 bridgehead atoms. The quantitative estimate of drug-likeness (QED) is 0.927. The fourth-order valence-corrected chi connectivity index (χ4v) is 2.45. The van der Waals surface area contributed by atoms with Crippen molar-refractivity contribution in [2.45, 2.75) is 25.5 Å². The average molecular weight is 300 g/mol. The van der Waals surface area contributed by atoms with Gasteiger partial charge in [0.05, 0.1) is 17.7 Å². The third-order valence-corrected chi connectivity index (χ3v) is 3.46. The predicted molar refractivity (Wildman–Crippen MR) is 71.4 cm³/mol. The van der Waals surface area contributed by atoms with Crippen molar-refractivity contribution in [2.24, 2.45) is 0 Å². The molecule has 1 N–H and O–H groups in total. The summed E-state index contributed by atoms with van der Waals surface area (Å²) in [6, 6.07) is 6.23. The van der Waals surface area contributed by atoms with E-state index in [9.17, 15) is 0 Å². The van der Waals surface area contributed by atoms with Gasteiger partial charge < -0.3 is 14.8 Å². The van der Waals surface area contributed by atoms with Gasteiger partial charge in [-0.2, -0.15) is 0 Å². The highest BCUT2D eigenvalue weighted by Gasteiger charge is 2.16. The Bertz CT molecular complexity index is 364. The van der Waals surface area contributed by atoms with E-state index in [0.29, 0.717) is 0 Å². The van der Waals surface area contributed by atoms with Crippen molar-refractivity contribution in [1.29, 1.82) is 0 Å². The zero-order valence-electron chi connectivity index (χ0n) is 10.0. The van der Waals surface area contributed by atoms with Gasteiger partial charge in [-0.15, -0.1) is 0 Å². The van der Waals surface area contributed by atoms with E-state index < -0.39 is 0 Å². The molecule has 1 aromatic carbocycles. The Morgan fingerprint density at radius 3 is 2.82 bits per heavy atom. The van der Waals surface area contributed by atoms with Crippen LogP contribution in [-0.2, 0) is 11.3 Å². The fraction of sp³-hybridized carbons (Fsp3) is 0.538. The molecule has 0 amide bonds. The SMILES string of the molecule is CNCc1ccc(OC2CCOCC2)c(Br)c1. The summed E-state index contributed by atoms with van der Waals surface area (Å²) in [6.07, 6.45) is 2.24. The standard InChI is InChI=1S/C13H18BrNO2/c1-15-9-10-2-3-13(12(14)8-10)17-11-4-6-16-7-5-11/h2-3,8,11,15H,4-7,9H2,1H3. The first kappa shape index (κ1) is 12.9. The van der Waals surface area contributed by atoms with E-state index in [1.807, 2.05) is 13.1 Å². The molecule has 0 radical (unpaired) electrons. The Kier molecular flexibility index (Phi) is 4.83. The van der Waals surface area contributed by atoms with E-state index in [2.05, 4.69) is 33.4 Å². The molecular weight excluding hydrogens is 282 g/mol. The first-order chi connectivity index (χ1) is 8.29. The molecular formula is C13H18BrNO2. The molecule has 4 heteroatoms. The van der Waals surface area contributed by atoms with Crippen LogP contribution in [0.4, 0.5) is 0 Å². The highest BCUT2D eigenvalue weighted by Crippen LogP contribution is 2.28. The summed E-state index contributed by atoms with van der Waals surface area (Å²) in [4.78, 5) is 0. The van der Waals surface area contributed by atoms with Gasteiger partial charge >= 0.3 is 0 Å². The van der Waals surface area contributed by atoms with Crippen LogP contribution in [0.15, 0.2) is 22.7 Å².